The lowest BCUT2D eigenvalue weighted by molar-refractivity contribution is -0.0535. The van der Waals surface area contributed by atoms with Crippen molar-refractivity contribution in [1.82, 2.24) is 5.32 Å². The molecule has 1 unspecified atom stereocenters. The Bertz CT molecular complexity index is 197. The van der Waals surface area contributed by atoms with Crippen molar-refractivity contribution in [3.05, 3.63) is 0 Å². The summed E-state index contributed by atoms with van der Waals surface area (Å²) in [6.45, 7) is 2.28. The van der Waals surface area contributed by atoms with Crippen molar-refractivity contribution in [1.29, 1.82) is 0 Å². The zero-order chi connectivity index (χ0) is 13.3. The van der Waals surface area contributed by atoms with Crippen LogP contribution in [0.1, 0.15) is 77.6 Å². The Morgan fingerprint density at radius 3 is 2.22 bits per heavy atom. The molecule has 1 fully saturated rings. The summed E-state index contributed by atoms with van der Waals surface area (Å²) in [4.78, 5) is 0. The normalized spacial score (nSPS) is 21.5. The molecule has 0 aromatic heterocycles. The van der Waals surface area contributed by atoms with E-state index in [2.05, 4.69) is 19.3 Å². The van der Waals surface area contributed by atoms with E-state index in [1.807, 2.05) is 7.11 Å². The molecule has 1 rings (SSSR count). The van der Waals surface area contributed by atoms with Crippen LogP contribution in [0.3, 0.4) is 0 Å². The molecule has 0 aliphatic heterocycles. The van der Waals surface area contributed by atoms with Gasteiger partial charge in [0.25, 0.3) is 0 Å². The van der Waals surface area contributed by atoms with Crippen LogP contribution in [-0.4, -0.2) is 25.8 Å². The second-order valence-electron chi connectivity index (χ2n) is 5.87. The molecule has 0 bridgehead atoms. The zero-order valence-corrected chi connectivity index (χ0v) is 12.8. The van der Waals surface area contributed by atoms with Gasteiger partial charge in [0.1, 0.15) is 0 Å². The number of hydrogen-bond acceptors (Lipinski definition) is 2. The van der Waals surface area contributed by atoms with E-state index >= 15 is 0 Å². The fourth-order valence-corrected chi connectivity index (χ4v) is 3.47. The van der Waals surface area contributed by atoms with Crippen LogP contribution in [0.2, 0.25) is 0 Å². The summed E-state index contributed by atoms with van der Waals surface area (Å²) in [6.07, 6.45) is 14.6. The predicted molar refractivity (Wildman–Crippen MR) is 79.0 cm³/mol. The fourth-order valence-electron chi connectivity index (χ4n) is 3.47. The molecule has 0 radical (unpaired) electrons. The highest BCUT2D eigenvalue weighted by atomic mass is 16.5. The first-order valence-corrected chi connectivity index (χ1v) is 8.01. The molecule has 1 N–H and O–H groups in total. The molecule has 0 heterocycles. The van der Waals surface area contributed by atoms with Gasteiger partial charge in [0.05, 0.1) is 5.60 Å². The first kappa shape index (κ1) is 16.0. The Balaban J connectivity index is 2.51. The Kier molecular flexibility index (Phi) is 7.92. The van der Waals surface area contributed by atoms with Crippen LogP contribution in [-0.2, 0) is 4.74 Å². The molecule has 0 aromatic carbocycles. The van der Waals surface area contributed by atoms with Gasteiger partial charge in [-0.15, -0.1) is 0 Å². The molecule has 2 heteroatoms. The minimum atomic E-state index is 0.109. The van der Waals surface area contributed by atoms with Gasteiger partial charge in [-0.2, -0.15) is 0 Å². The van der Waals surface area contributed by atoms with Crippen molar-refractivity contribution in [3.8, 4) is 0 Å². The molecule has 0 aromatic rings. The summed E-state index contributed by atoms with van der Waals surface area (Å²) in [5, 5.41) is 3.54. The molecule has 0 spiro atoms. The van der Waals surface area contributed by atoms with Gasteiger partial charge in [0, 0.05) is 13.2 Å². The number of ether oxygens (including phenoxy) is 1. The van der Waals surface area contributed by atoms with Crippen molar-refractivity contribution in [3.63, 3.8) is 0 Å². The van der Waals surface area contributed by atoms with E-state index in [0.29, 0.717) is 6.04 Å². The number of rotatable bonds is 8. The smallest absolute Gasteiger partial charge is 0.0830 e. The topological polar surface area (TPSA) is 21.3 Å². The van der Waals surface area contributed by atoms with Gasteiger partial charge in [0.15, 0.2) is 0 Å². The van der Waals surface area contributed by atoms with Crippen LogP contribution in [0.15, 0.2) is 0 Å². The summed E-state index contributed by atoms with van der Waals surface area (Å²) >= 11 is 0. The van der Waals surface area contributed by atoms with E-state index in [1.54, 1.807) is 0 Å². The number of nitrogens with one attached hydrogen (secondary N) is 1. The van der Waals surface area contributed by atoms with Crippen molar-refractivity contribution in [2.45, 2.75) is 89.2 Å². The van der Waals surface area contributed by atoms with Crippen molar-refractivity contribution in [2.75, 3.05) is 14.2 Å². The monoisotopic (exact) mass is 255 g/mol. The second-order valence-corrected chi connectivity index (χ2v) is 5.87. The summed E-state index contributed by atoms with van der Waals surface area (Å²) < 4.78 is 6.01. The minimum absolute atomic E-state index is 0.109. The zero-order valence-electron chi connectivity index (χ0n) is 12.8. The lowest BCUT2D eigenvalue weighted by Gasteiger charge is -2.39. The predicted octanol–water partition coefficient (Wildman–Crippen LogP) is 4.28. The lowest BCUT2D eigenvalue weighted by atomic mass is 9.83. The molecule has 0 saturated heterocycles. The number of likely N-dealkylation sites (N-methyl/N-ethyl adjacent to an activating group) is 1. The third kappa shape index (κ3) is 4.55. The first-order valence-electron chi connectivity index (χ1n) is 8.01. The van der Waals surface area contributed by atoms with Gasteiger partial charge in [-0.25, -0.2) is 0 Å². The van der Waals surface area contributed by atoms with Crippen LogP contribution >= 0.6 is 0 Å². The maximum Gasteiger partial charge on any atom is 0.0830 e. The van der Waals surface area contributed by atoms with E-state index in [1.165, 1.54) is 70.6 Å². The molecule has 1 aliphatic rings. The van der Waals surface area contributed by atoms with E-state index < -0.39 is 0 Å². The average Bonchev–Trinajstić information content (AvgIpc) is 2.65. The molecule has 1 aliphatic carbocycles. The van der Waals surface area contributed by atoms with E-state index in [4.69, 9.17) is 4.74 Å². The van der Waals surface area contributed by atoms with Crippen LogP contribution in [0.5, 0.6) is 0 Å². The van der Waals surface area contributed by atoms with Gasteiger partial charge < -0.3 is 10.1 Å². The molecule has 108 valence electrons. The standard InChI is InChI=1S/C16H33NO/c1-4-5-6-9-12-15(17-2)16(18-3)13-10-7-8-11-14-16/h15,17H,4-14H2,1-3H3. The molecule has 1 atom stereocenters. The van der Waals surface area contributed by atoms with Gasteiger partial charge >= 0.3 is 0 Å². The Morgan fingerprint density at radius 2 is 1.72 bits per heavy atom. The highest BCUT2D eigenvalue weighted by Gasteiger charge is 2.37. The molecular weight excluding hydrogens is 222 g/mol. The Labute approximate surface area is 114 Å². The first-order chi connectivity index (χ1) is 8.79. The summed E-state index contributed by atoms with van der Waals surface area (Å²) in [6, 6.07) is 0.539. The minimum Gasteiger partial charge on any atom is -0.377 e. The molecule has 2 nitrogen and oxygen atoms in total. The average molecular weight is 255 g/mol. The molecular formula is C16H33NO. The second kappa shape index (κ2) is 8.92. The maximum atomic E-state index is 6.01. The molecule has 18 heavy (non-hydrogen) atoms. The van der Waals surface area contributed by atoms with Gasteiger partial charge in [0.2, 0.25) is 0 Å². The quantitative estimate of drug-likeness (QED) is 0.516. The molecule has 1 saturated carbocycles. The third-order valence-corrected chi connectivity index (χ3v) is 4.69. The van der Waals surface area contributed by atoms with Gasteiger partial charge in [-0.3, -0.25) is 0 Å². The Morgan fingerprint density at radius 1 is 1.06 bits per heavy atom. The van der Waals surface area contributed by atoms with Crippen molar-refractivity contribution in [2.24, 2.45) is 0 Å². The summed E-state index contributed by atoms with van der Waals surface area (Å²) in [5.74, 6) is 0. The number of methoxy groups -OCH3 is 1. The highest BCUT2D eigenvalue weighted by molar-refractivity contribution is 4.93. The van der Waals surface area contributed by atoms with Gasteiger partial charge in [-0.1, -0.05) is 58.3 Å². The van der Waals surface area contributed by atoms with E-state index in [9.17, 15) is 0 Å². The van der Waals surface area contributed by atoms with Crippen LogP contribution < -0.4 is 5.32 Å². The third-order valence-electron chi connectivity index (χ3n) is 4.69. The molecule has 0 amide bonds. The summed E-state index contributed by atoms with van der Waals surface area (Å²) in [7, 11) is 4.03. The lowest BCUT2D eigenvalue weighted by Crippen LogP contribution is -2.50. The maximum absolute atomic E-state index is 6.01. The SMILES string of the molecule is CCCCCCC(NC)C1(OC)CCCCCC1. The van der Waals surface area contributed by atoms with Crippen molar-refractivity contribution >= 4 is 0 Å². The van der Waals surface area contributed by atoms with Crippen LogP contribution in [0.25, 0.3) is 0 Å². The highest BCUT2D eigenvalue weighted by Crippen LogP contribution is 2.34. The Hall–Kier alpha value is -0.0800. The van der Waals surface area contributed by atoms with Crippen LogP contribution in [0, 0.1) is 0 Å². The van der Waals surface area contributed by atoms with Crippen molar-refractivity contribution < 1.29 is 4.74 Å². The fraction of sp³-hybridized carbons (Fsp3) is 1.00. The largest absolute Gasteiger partial charge is 0.377 e. The number of unbranched alkanes of at least 4 members (excludes halogenated alkanes) is 3. The van der Waals surface area contributed by atoms with Crippen LogP contribution in [0.4, 0.5) is 0 Å². The van der Waals surface area contributed by atoms with E-state index in [-0.39, 0.29) is 5.60 Å². The van der Waals surface area contributed by atoms with Gasteiger partial charge in [-0.05, 0) is 26.3 Å². The summed E-state index contributed by atoms with van der Waals surface area (Å²) in [5.41, 5.74) is 0.109. The van der Waals surface area contributed by atoms with E-state index in [0.717, 1.165) is 0 Å². The number of hydrogen-bond donors (Lipinski definition) is 1.